The number of anilines is 1. The summed E-state index contributed by atoms with van der Waals surface area (Å²) in [6.07, 6.45) is 8.44. The van der Waals surface area contributed by atoms with Crippen LogP contribution in [0.3, 0.4) is 0 Å². The third kappa shape index (κ3) is 8.18. The smallest absolute Gasteiger partial charge is 0.414 e. The number of nitrogen functional groups attached to an aromatic ring is 1. The maximum absolute atomic E-state index is 12.7. The minimum atomic E-state index is -3.21. The summed E-state index contributed by atoms with van der Waals surface area (Å²) in [5, 5.41) is 7.48. The van der Waals surface area contributed by atoms with E-state index in [0.29, 0.717) is 50.5 Å². The molecule has 0 bridgehead atoms. The van der Waals surface area contributed by atoms with Gasteiger partial charge < -0.3 is 10.5 Å². The highest BCUT2D eigenvalue weighted by Crippen LogP contribution is 2.23. The number of benzene rings is 1. The molecule has 0 aliphatic carbocycles. The van der Waals surface area contributed by atoms with E-state index in [1.807, 2.05) is 0 Å². The first-order chi connectivity index (χ1) is 16.8. The molecule has 1 unspecified atom stereocenters. The van der Waals surface area contributed by atoms with Gasteiger partial charge >= 0.3 is 6.09 Å². The van der Waals surface area contributed by atoms with E-state index in [1.54, 1.807) is 33.5 Å². The highest BCUT2D eigenvalue weighted by Gasteiger charge is 2.35. The van der Waals surface area contributed by atoms with Crippen LogP contribution in [-0.4, -0.2) is 80.7 Å². The van der Waals surface area contributed by atoms with Gasteiger partial charge in [-0.15, -0.1) is 0 Å². The van der Waals surface area contributed by atoms with E-state index in [1.165, 1.54) is 32.1 Å². The Morgan fingerprint density at radius 3 is 2.20 bits per heavy atom. The van der Waals surface area contributed by atoms with Crippen molar-refractivity contribution in [1.82, 2.24) is 9.21 Å². The quantitative estimate of drug-likeness (QED) is 0.226. The van der Waals surface area contributed by atoms with Crippen molar-refractivity contribution in [2.45, 2.75) is 64.4 Å². The van der Waals surface area contributed by atoms with Crippen LogP contribution in [0.1, 0.15) is 63.9 Å². The molecule has 2 saturated heterocycles. The molecule has 1 aromatic carbocycles. The zero-order valence-corrected chi connectivity index (χ0v) is 21.8. The van der Waals surface area contributed by atoms with Gasteiger partial charge in [-0.05, 0) is 30.7 Å². The molecule has 3 N–H and O–H groups in total. The Morgan fingerprint density at radius 2 is 1.60 bits per heavy atom. The monoisotopic (exact) mass is 507 g/mol. The van der Waals surface area contributed by atoms with Crippen LogP contribution in [0.2, 0.25) is 0 Å². The van der Waals surface area contributed by atoms with Gasteiger partial charge in [-0.25, -0.2) is 13.2 Å². The molecule has 1 atom stereocenters. The average molecular weight is 508 g/mol. The van der Waals surface area contributed by atoms with Gasteiger partial charge in [0.1, 0.15) is 11.9 Å². The number of carbonyl (C=O) groups is 1. The van der Waals surface area contributed by atoms with E-state index in [9.17, 15) is 13.2 Å². The zero-order valence-electron chi connectivity index (χ0n) is 21.0. The topological polar surface area (TPSA) is 120 Å². The van der Waals surface area contributed by atoms with Crippen molar-refractivity contribution in [3.8, 4) is 0 Å². The number of ether oxygens (including phenoxy) is 1. The summed E-state index contributed by atoms with van der Waals surface area (Å²) >= 11 is 0. The minimum absolute atomic E-state index is 0.0163. The van der Waals surface area contributed by atoms with Crippen LogP contribution in [0.5, 0.6) is 0 Å². The molecular weight excluding hydrogens is 466 g/mol. The molecule has 3 rings (SSSR count). The normalized spacial score (nSPS) is 19.7. The summed E-state index contributed by atoms with van der Waals surface area (Å²) in [4.78, 5) is 16.1. The van der Waals surface area contributed by atoms with Crippen LogP contribution in [0, 0.1) is 5.41 Å². The van der Waals surface area contributed by atoms with Gasteiger partial charge in [0.05, 0.1) is 12.3 Å². The van der Waals surface area contributed by atoms with Crippen molar-refractivity contribution >= 4 is 27.6 Å². The number of cyclic esters (lactones) is 1. The third-order valence-corrected chi connectivity index (χ3v) is 8.76. The Balaban J connectivity index is 1.37. The number of hydrogen-bond acceptors (Lipinski definition) is 6. The Labute approximate surface area is 210 Å². The SMILES string of the molecule is CCCCCCCCCCS(=O)(=O)N1CCN(CC2CN(c3ccc(C(=N)N)cc3)C(=O)O2)CC1. The maximum Gasteiger partial charge on any atom is 0.414 e. The largest absolute Gasteiger partial charge is 0.443 e. The number of nitrogens with one attached hydrogen (secondary N) is 1. The summed E-state index contributed by atoms with van der Waals surface area (Å²) in [6, 6.07) is 6.95. The zero-order chi connectivity index (χ0) is 25.3. The van der Waals surface area contributed by atoms with Gasteiger partial charge in [-0.1, -0.05) is 51.9 Å². The summed E-state index contributed by atoms with van der Waals surface area (Å²) in [5.74, 6) is 0.219. The van der Waals surface area contributed by atoms with Crippen molar-refractivity contribution in [2.24, 2.45) is 5.73 Å². The second-order valence-electron chi connectivity index (χ2n) is 9.57. The lowest BCUT2D eigenvalue weighted by molar-refractivity contribution is 0.0937. The second-order valence-corrected chi connectivity index (χ2v) is 11.7. The lowest BCUT2D eigenvalue weighted by Gasteiger charge is -2.34. The fourth-order valence-corrected chi connectivity index (χ4v) is 6.22. The Kier molecular flexibility index (Phi) is 10.4. The molecule has 0 saturated carbocycles. The highest BCUT2D eigenvalue weighted by atomic mass is 32.2. The molecule has 9 nitrogen and oxygen atoms in total. The van der Waals surface area contributed by atoms with E-state index in [-0.39, 0.29) is 17.7 Å². The lowest BCUT2D eigenvalue weighted by atomic mass is 10.1. The Hall–Kier alpha value is -2.17. The number of carbonyl (C=O) groups excluding carboxylic acids is 1. The van der Waals surface area contributed by atoms with E-state index < -0.39 is 16.1 Å². The number of sulfonamides is 1. The fraction of sp³-hybridized carbons (Fsp3) is 0.680. The van der Waals surface area contributed by atoms with E-state index >= 15 is 0 Å². The Bertz CT molecular complexity index is 930. The first-order valence-electron chi connectivity index (χ1n) is 12.9. The number of nitrogens with two attached hydrogens (primary N) is 1. The number of amides is 1. The van der Waals surface area contributed by atoms with Crippen LogP contribution in [0.4, 0.5) is 10.5 Å². The average Bonchev–Trinajstić information content (AvgIpc) is 3.21. The third-order valence-electron chi connectivity index (χ3n) is 6.81. The minimum Gasteiger partial charge on any atom is -0.443 e. The van der Waals surface area contributed by atoms with Crippen molar-refractivity contribution in [3.63, 3.8) is 0 Å². The first-order valence-corrected chi connectivity index (χ1v) is 14.5. The predicted molar refractivity (Wildman–Crippen MR) is 139 cm³/mol. The Morgan fingerprint density at radius 1 is 1.00 bits per heavy atom. The van der Waals surface area contributed by atoms with Crippen molar-refractivity contribution in [2.75, 3.05) is 49.9 Å². The molecule has 1 amide bonds. The van der Waals surface area contributed by atoms with Gasteiger partial charge in [0, 0.05) is 44.0 Å². The summed E-state index contributed by atoms with van der Waals surface area (Å²) < 4.78 is 32.6. The van der Waals surface area contributed by atoms with E-state index in [0.717, 1.165) is 19.3 Å². The fourth-order valence-electron chi connectivity index (χ4n) is 4.67. The molecule has 10 heteroatoms. The maximum atomic E-state index is 12.7. The van der Waals surface area contributed by atoms with Crippen LogP contribution < -0.4 is 10.6 Å². The lowest BCUT2D eigenvalue weighted by Crippen LogP contribution is -2.51. The number of hydrogen-bond donors (Lipinski definition) is 2. The molecule has 0 radical (unpaired) electrons. The molecule has 2 aliphatic rings. The summed E-state index contributed by atoms with van der Waals surface area (Å²) in [7, 11) is -3.21. The van der Waals surface area contributed by atoms with Gasteiger partial charge in [-0.3, -0.25) is 15.2 Å². The molecule has 0 aromatic heterocycles. The molecular formula is C25H41N5O4S. The number of amidine groups is 1. The number of unbranched alkanes of at least 4 members (excludes halogenated alkanes) is 7. The van der Waals surface area contributed by atoms with E-state index in [4.69, 9.17) is 15.9 Å². The standard InChI is InChI=1S/C25H41N5O4S/c1-2-3-4-5-6-7-8-9-18-35(32,33)29-16-14-28(15-17-29)19-23-20-30(25(31)34-23)22-12-10-21(11-13-22)24(26)27/h10-13,23H,2-9,14-20H2,1H3,(H3,26,27). The number of rotatable bonds is 14. The second kappa shape index (κ2) is 13.2. The van der Waals surface area contributed by atoms with Gasteiger partial charge in [0.25, 0.3) is 0 Å². The molecule has 196 valence electrons. The molecule has 35 heavy (non-hydrogen) atoms. The van der Waals surface area contributed by atoms with Crippen molar-refractivity contribution in [3.05, 3.63) is 29.8 Å². The molecule has 2 heterocycles. The number of nitrogens with zero attached hydrogens (tertiary/aromatic N) is 3. The van der Waals surface area contributed by atoms with Crippen LogP contribution in [0.25, 0.3) is 0 Å². The summed E-state index contributed by atoms with van der Waals surface area (Å²) in [6.45, 7) is 5.47. The van der Waals surface area contributed by atoms with Crippen LogP contribution in [-0.2, 0) is 14.8 Å². The van der Waals surface area contributed by atoms with Crippen molar-refractivity contribution in [1.29, 1.82) is 5.41 Å². The predicted octanol–water partition coefficient (Wildman–Crippen LogP) is 3.38. The van der Waals surface area contributed by atoms with Crippen LogP contribution >= 0.6 is 0 Å². The van der Waals surface area contributed by atoms with Gasteiger partial charge in [0.2, 0.25) is 10.0 Å². The van der Waals surface area contributed by atoms with Gasteiger partial charge in [-0.2, -0.15) is 4.31 Å². The first kappa shape index (κ1) is 27.4. The van der Waals surface area contributed by atoms with Gasteiger partial charge in [0.15, 0.2) is 0 Å². The molecule has 2 aliphatic heterocycles. The molecule has 0 spiro atoms. The van der Waals surface area contributed by atoms with E-state index in [2.05, 4.69) is 11.8 Å². The highest BCUT2D eigenvalue weighted by molar-refractivity contribution is 7.89. The molecule has 2 fully saturated rings. The number of piperazine rings is 1. The van der Waals surface area contributed by atoms with Crippen LogP contribution in [0.15, 0.2) is 24.3 Å². The summed E-state index contributed by atoms with van der Waals surface area (Å²) in [5.41, 5.74) is 6.81. The molecule has 1 aromatic rings. The van der Waals surface area contributed by atoms with Crippen molar-refractivity contribution < 1.29 is 17.9 Å².